The third kappa shape index (κ3) is 3.25. The van der Waals surface area contributed by atoms with E-state index < -0.39 is 0 Å². The van der Waals surface area contributed by atoms with Crippen molar-refractivity contribution in [3.8, 4) is 11.5 Å². The van der Waals surface area contributed by atoms with Crippen molar-refractivity contribution >= 4 is 0 Å². The normalized spacial score (nSPS) is 12.1. The highest BCUT2D eigenvalue weighted by atomic mass is 16.5. The van der Waals surface area contributed by atoms with Crippen LogP contribution in [0.2, 0.25) is 0 Å². The summed E-state index contributed by atoms with van der Waals surface area (Å²) in [7, 11) is 0. The van der Waals surface area contributed by atoms with Gasteiger partial charge >= 0.3 is 0 Å². The SMILES string of the molecule is CC(N)c1ccc(OCc2cccc(O)c2)cc1. The van der Waals surface area contributed by atoms with E-state index in [1.165, 1.54) is 0 Å². The molecule has 3 heteroatoms. The van der Waals surface area contributed by atoms with Crippen LogP contribution < -0.4 is 10.5 Å². The summed E-state index contributed by atoms with van der Waals surface area (Å²) in [6.07, 6.45) is 0. The Morgan fingerprint density at radius 1 is 1.17 bits per heavy atom. The highest BCUT2D eigenvalue weighted by Gasteiger charge is 2.00. The van der Waals surface area contributed by atoms with Crippen LogP contribution >= 0.6 is 0 Å². The van der Waals surface area contributed by atoms with Gasteiger partial charge in [0.15, 0.2) is 0 Å². The standard InChI is InChI=1S/C15H17NO2/c1-11(16)13-5-7-15(8-6-13)18-10-12-3-2-4-14(17)9-12/h2-9,11,17H,10,16H2,1H3. The topological polar surface area (TPSA) is 55.5 Å². The Hall–Kier alpha value is -2.00. The van der Waals surface area contributed by atoms with Crippen LogP contribution in [0.25, 0.3) is 0 Å². The van der Waals surface area contributed by atoms with Crippen LogP contribution in [0, 0.1) is 0 Å². The molecule has 0 aromatic heterocycles. The molecule has 94 valence electrons. The second-order valence-electron chi connectivity index (χ2n) is 4.32. The highest BCUT2D eigenvalue weighted by Crippen LogP contribution is 2.18. The van der Waals surface area contributed by atoms with E-state index in [0.717, 1.165) is 16.9 Å². The number of hydrogen-bond donors (Lipinski definition) is 2. The summed E-state index contributed by atoms with van der Waals surface area (Å²) in [5, 5.41) is 9.34. The summed E-state index contributed by atoms with van der Waals surface area (Å²) in [4.78, 5) is 0. The van der Waals surface area contributed by atoms with Crippen LogP contribution in [0.15, 0.2) is 48.5 Å². The van der Waals surface area contributed by atoms with Crippen molar-refractivity contribution in [2.24, 2.45) is 5.73 Å². The van der Waals surface area contributed by atoms with Crippen LogP contribution in [0.4, 0.5) is 0 Å². The van der Waals surface area contributed by atoms with E-state index >= 15 is 0 Å². The first kappa shape index (κ1) is 12.5. The average molecular weight is 243 g/mol. The van der Waals surface area contributed by atoms with Crippen LogP contribution in [0.1, 0.15) is 24.1 Å². The Morgan fingerprint density at radius 3 is 2.50 bits per heavy atom. The van der Waals surface area contributed by atoms with Gasteiger partial charge in [-0.3, -0.25) is 0 Å². The molecule has 0 heterocycles. The molecular formula is C15H17NO2. The van der Waals surface area contributed by atoms with E-state index in [4.69, 9.17) is 10.5 Å². The molecule has 0 radical (unpaired) electrons. The van der Waals surface area contributed by atoms with Gasteiger partial charge in [-0.15, -0.1) is 0 Å². The van der Waals surface area contributed by atoms with E-state index in [2.05, 4.69) is 0 Å². The summed E-state index contributed by atoms with van der Waals surface area (Å²) in [6, 6.07) is 14.8. The highest BCUT2D eigenvalue weighted by molar-refractivity contribution is 5.30. The maximum Gasteiger partial charge on any atom is 0.119 e. The minimum atomic E-state index is 0.0325. The zero-order valence-electron chi connectivity index (χ0n) is 10.3. The number of phenolic OH excluding ortho intramolecular Hbond substituents is 1. The first-order valence-electron chi connectivity index (χ1n) is 5.91. The molecule has 2 rings (SSSR count). The van der Waals surface area contributed by atoms with Crippen molar-refractivity contribution in [1.29, 1.82) is 0 Å². The van der Waals surface area contributed by atoms with Gasteiger partial charge in [-0.25, -0.2) is 0 Å². The van der Waals surface area contributed by atoms with Crippen molar-refractivity contribution < 1.29 is 9.84 Å². The minimum absolute atomic E-state index is 0.0325. The molecule has 0 saturated carbocycles. The largest absolute Gasteiger partial charge is 0.508 e. The fraction of sp³-hybridized carbons (Fsp3) is 0.200. The zero-order chi connectivity index (χ0) is 13.0. The van der Waals surface area contributed by atoms with Crippen LogP contribution in [-0.4, -0.2) is 5.11 Å². The van der Waals surface area contributed by atoms with Crippen LogP contribution in [0.3, 0.4) is 0 Å². The van der Waals surface area contributed by atoms with Crippen LogP contribution in [-0.2, 0) is 6.61 Å². The number of rotatable bonds is 4. The second kappa shape index (κ2) is 5.56. The summed E-state index contributed by atoms with van der Waals surface area (Å²) in [5.41, 5.74) is 7.80. The lowest BCUT2D eigenvalue weighted by Gasteiger charge is -2.09. The molecule has 0 spiro atoms. The molecule has 0 amide bonds. The number of aromatic hydroxyl groups is 1. The average Bonchev–Trinajstić information content (AvgIpc) is 2.37. The van der Waals surface area contributed by atoms with E-state index in [0.29, 0.717) is 6.61 Å². The van der Waals surface area contributed by atoms with E-state index in [-0.39, 0.29) is 11.8 Å². The molecule has 0 aliphatic carbocycles. The Balaban J connectivity index is 1.98. The molecule has 3 nitrogen and oxygen atoms in total. The van der Waals surface area contributed by atoms with Crippen LogP contribution in [0.5, 0.6) is 11.5 Å². The molecule has 1 atom stereocenters. The summed E-state index contributed by atoms with van der Waals surface area (Å²) in [5.74, 6) is 1.05. The van der Waals surface area contributed by atoms with Crippen molar-refractivity contribution in [3.05, 3.63) is 59.7 Å². The molecule has 2 aromatic rings. The number of nitrogens with two attached hydrogens (primary N) is 1. The molecule has 3 N–H and O–H groups in total. The first-order valence-corrected chi connectivity index (χ1v) is 5.91. The van der Waals surface area contributed by atoms with Gasteiger partial charge in [-0.2, -0.15) is 0 Å². The lowest BCUT2D eigenvalue weighted by atomic mass is 10.1. The number of phenols is 1. The summed E-state index contributed by atoms with van der Waals surface area (Å²) in [6.45, 7) is 2.38. The number of benzene rings is 2. The Morgan fingerprint density at radius 2 is 1.89 bits per heavy atom. The van der Waals surface area contributed by atoms with Crippen molar-refractivity contribution in [1.82, 2.24) is 0 Å². The van der Waals surface area contributed by atoms with Gasteiger partial charge in [-0.1, -0.05) is 24.3 Å². The van der Waals surface area contributed by atoms with E-state index in [9.17, 15) is 5.11 Å². The minimum Gasteiger partial charge on any atom is -0.508 e. The molecule has 0 saturated heterocycles. The summed E-state index contributed by atoms with van der Waals surface area (Å²) >= 11 is 0. The summed E-state index contributed by atoms with van der Waals surface area (Å²) < 4.78 is 5.63. The predicted octanol–water partition coefficient (Wildman–Crippen LogP) is 2.99. The van der Waals surface area contributed by atoms with Crippen molar-refractivity contribution in [2.75, 3.05) is 0 Å². The molecule has 0 aliphatic rings. The lowest BCUT2D eigenvalue weighted by Crippen LogP contribution is -2.04. The number of ether oxygens (including phenoxy) is 1. The maximum absolute atomic E-state index is 9.34. The third-order valence-corrected chi connectivity index (χ3v) is 2.72. The van der Waals surface area contributed by atoms with E-state index in [1.54, 1.807) is 18.2 Å². The molecule has 0 aliphatic heterocycles. The molecule has 2 aromatic carbocycles. The predicted molar refractivity (Wildman–Crippen MR) is 71.5 cm³/mol. The monoisotopic (exact) mass is 243 g/mol. The van der Waals surface area contributed by atoms with Gasteiger partial charge in [0.25, 0.3) is 0 Å². The Labute approximate surface area is 107 Å². The lowest BCUT2D eigenvalue weighted by molar-refractivity contribution is 0.305. The fourth-order valence-electron chi connectivity index (χ4n) is 1.68. The van der Waals surface area contributed by atoms with Gasteiger partial charge < -0.3 is 15.6 Å². The van der Waals surface area contributed by atoms with Crippen molar-refractivity contribution in [3.63, 3.8) is 0 Å². The second-order valence-corrected chi connectivity index (χ2v) is 4.32. The fourth-order valence-corrected chi connectivity index (χ4v) is 1.68. The Bertz CT molecular complexity index is 506. The van der Waals surface area contributed by atoms with Gasteiger partial charge in [0, 0.05) is 6.04 Å². The van der Waals surface area contributed by atoms with Gasteiger partial charge in [-0.05, 0) is 42.3 Å². The van der Waals surface area contributed by atoms with Gasteiger partial charge in [0.05, 0.1) is 0 Å². The molecule has 0 bridgehead atoms. The quantitative estimate of drug-likeness (QED) is 0.868. The Kier molecular flexibility index (Phi) is 3.85. The zero-order valence-corrected chi connectivity index (χ0v) is 10.3. The van der Waals surface area contributed by atoms with E-state index in [1.807, 2.05) is 37.3 Å². The molecule has 18 heavy (non-hydrogen) atoms. The first-order chi connectivity index (χ1) is 8.65. The van der Waals surface area contributed by atoms with Crippen molar-refractivity contribution in [2.45, 2.75) is 19.6 Å². The van der Waals surface area contributed by atoms with Gasteiger partial charge in [0.2, 0.25) is 0 Å². The smallest absolute Gasteiger partial charge is 0.119 e. The molecule has 1 unspecified atom stereocenters. The third-order valence-electron chi connectivity index (χ3n) is 2.72. The number of hydrogen-bond acceptors (Lipinski definition) is 3. The molecular weight excluding hydrogens is 226 g/mol. The maximum atomic E-state index is 9.34. The van der Waals surface area contributed by atoms with Gasteiger partial charge in [0.1, 0.15) is 18.1 Å². The molecule has 0 fully saturated rings.